The predicted molar refractivity (Wildman–Crippen MR) is 96.7 cm³/mol. The summed E-state index contributed by atoms with van der Waals surface area (Å²) in [6, 6.07) is 10.9. The van der Waals surface area contributed by atoms with E-state index in [4.69, 9.17) is 9.47 Å². The summed E-state index contributed by atoms with van der Waals surface area (Å²) in [4.78, 5) is 0. The van der Waals surface area contributed by atoms with Crippen molar-refractivity contribution < 1.29 is 19.7 Å². The molecule has 0 radical (unpaired) electrons. The Labute approximate surface area is 144 Å². The minimum atomic E-state index is -1.08. The second-order valence-electron chi connectivity index (χ2n) is 5.42. The molecule has 0 bridgehead atoms. The smallest absolute Gasteiger partial charge is 0.124 e. The first-order valence-corrected chi connectivity index (χ1v) is 8.12. The molecule has 2 rings (SSSR count). The lowest BCUT2D eigenvalue weighted by molar-refractivity contribution is 0.0157. The number of benzene rings is 2. The van der Waals surface area contributed by atoms with Crippen LogP contribution < -0.4 is 9.47 Å². The van der Waals surface area contributed by atoms with Gasteiger partial charge in [-0.3, -0.25) is 0 Å². The zero-order valence-electron chi connectivity index (χ0n) is 15.3. The van der Waals surface area contributed by atoms with E-state index >= 15 is 0 Å². The average Bonchev–Trinajstić information content (AvgIpc) is 2.61. The van der Waals surface area contributed by atoms with E-state index < -0.39 is 12.2 Å². The lowest BCUT2D eigenvalue weighted by Crippen LogP contribution is -2.12. The Bertz CT molecular complexity index is 652. The molecule has 132 valence electrons. The molecule has 0 aliphatic heterocycles. The van der Waals surface area contributed by atoms with Gasteiger partial charge in [-0.05, 0) is 49.2 Å². The summed E-state index contributed by atoms with van der Waals surface area (Å²) in [5, 5.41) is 21.1. The second kappa shape index (κ2) is 9.30. The number of hydrogen-bond donors (Lipinski definition) is 2. The van der Waals surface area contributed by atoms with Gasteiger partial charge in [-0.15, -0.1) is 0 Å². The van der Waals surface area contributed by atoms with E-state index in [2.05, 4.69) is 0 Å². The van der Waals surface area contributed by atoms with Crippen molar-refractivity contribution >= 4 is 0 Å². The molecule has 0 amide bonds. The summed E-state index contributed by atoms with van der Waals surface area (Å²) >= 11 is 0. The maximum atomic E-state index is 10.6. The maximum absolute atomic E-state index is 10.6. The van der Waals surface area contributed by atoms with Crippen LogP contribution in [0.5, 0.6) is 11.5 Å². The molecule has 4 heteroatoms. The van der Waals surface area contributed by atoms with Crippen LogP contribution in [0.25, 0.3) is 0 Å². The van der Waals surface area contributed by atoms with Gasteiger partial charge in [-0.1, -0.05) is 31.5 Å². The lowest BCUT2D eigenvalue weighted by Gasteiger charge is -2.22. The van der Waals surface area contributed by atoms with Gasteiger partial charge in [0.2, 0.25) is 0 Å². The Hall–Kier alpha value is -2.04. The predicted octanol–water partition coefficient (Wildman–Crippen LogP) is 4.11. The first-order chi connectivity index (χ1) is 11.5. The molecule has 24 heavy (non-hydrogen) atoms. The molecule has 0 aliphatic rings. The number of ether oxygens (including phenoxy) is 2. The van der Waals surface area contributed by atoms with Gasteiger partial charge in [0.15, 0.2) is 0 Å². The molecule has 0 aliphatic carbocycles. The Morgan fingerprint density at radius 3 is 2.04 bits per heavy atom. The quantitative estimate of drug-likeness (QED) is 0.865. The molecule has 2 atom stereocenters. The monoisotopic (exact) mass is 332 g/mol. The van der Waals surface area contributed by atoms with E-state index in [1.807, 2.05) is 52.0 Å². The van der Waals surface area contributed by atoms with Crippen LogP contribution in [0.3, 0.4) is 0 Å². The third kappa shape index (κ3) is 4.73. The largest absolute Gasteiger partial charge is 0.497 e. The first-order valence-electron chi connectivity index (χ1n) is 8.12. The van der Waals surface area contributed by atoms with Crippen molar-refractivity contribution in [3.8, 4) is 11.5 Å². The number of hydrogen-bond acceptors (Lipinski definition) is 4. The van der Waals surface area contributed by atoms with Crippen LogP contribution >= 0.6 is 0 Å². The highest BCUT2D eigenvalue weighted by Gasteiger charge is 2.24. The van der Waals surface area contributed by atoms with Crippen molar-refractivity contribution in [3.63, 3.8) is 0 Å². The Kier molecular flexibility index (Phi) is 7.75. The van der Waals surface area contributed by atoms with Gasteiger partial charge in [-0.25, -0.2) is 0 Å². The van der Waals surface area contributed by atoms with Gasteiger partial charge in [0.1, 0.15) is 23.7 Å². The van der Waals surface area contributed by atoms with Gasteiger partial charge in [0.25, 0.3) is 0 Å². The van der Waals surface area contributed by atoms with Crippen molar-refractivity contribution in [1.29, 1.82) is 0 Å². The highest BCUT2D eigenvalue weighted by Crippen LogP contribution is 2.36. The fraction of sp³-hybridized carbons (Fsp3) is 0.400. The van der Waals surface area contributed by atoms with E-state index in [9.17, 15) is 10.2 Å². The fourth-order valence-corrected chi connectivity index (χ4v) is 2.50. The summed E-state index contributed by atoms with van der Waals surface area (Å²) in [7, 11) is 3.12. The molecule has 2 unspecified atom stereocenters. The van der Waals surface area contributed by atoms with E-state index in [0.29, 0.717) is 22.6 Å². The number of rotatable bonds is 5. The first kappa shape index (κ1) is 20.0. The van der Waals surface area contributed by atoms with Crippen molar-refractivity contribution in [2.45, 2.75) is 39.9 Å². The number of aryl methyl sites for hydroxylation is 2. The van der Waals surface area contributed by atoms with Crippen LogP contribution in [0.1, 0.15) is 48.3 Å². The summed E-state index contributed by atoms with van der Waals surface area (Å²) in [6.07, 6.45) is -2.15. The average molecular weight is 332 g/mol. The van der Waals surface area contributed by atoms with Gasteiger partial charge in [-0.2, -0.15) is 0 Å². The van der Waals surface area contributed by atoms with Crippen molar-refractivity contribution in [3.05, 3.63) is 58.7 Å². The van der Waals surface area contributed by atoms with Crippen LogP contribution in [-0.2, 0) is 0 Å². The van der Waals surface area contributed by atoms with E-state index in [-0.39, 0.29) is 0 Å². The van der Waals surface area contributed by atoms with Gasteiger partial charge in [0, 0.05) is 5.56 Å². The Balaban J connectivity index is 0.00000139. The number of methoxy groups -OCH3 is 2. The van der Waals surface area contributed by atoms with Crippen LogP contribution in [-0.4, -0.2) is 24.4 Å². The van der Waals surface area contributed by atoms with E-state index in [1.165, 1.54) is 0 Å². The molecule has 0 heterocycles. The normalized spacial score (nSPS) is 12.7. The molecule has 0 aromatic heterocycles. The molecule has 2 aromatic carbocycles. The van der Waals surface area contributed by atoms with Crippen molar-refractivity contribution in [2.24, 2.45) is 0 Å². The second-order valence-corrected chi connectivity index (χ2v) is 5.42. The standard InChI is InChI=1S/C18H22O4.C2H6/c1-11-5-6-16(22-4)15(9-11)18(20)17(19)13-7-12(2)8-14(10-13)21-3;1-2/h5-10,17-20H,1-4H3;1-2H3. The molecule has 0 fully saturated rings. The Morgan fingerprint density at radius 2 is 1.46 bits per heavy atom. The van der Waals surface area contributed by atoms with Gasteiger partial charge in [0.05, 0.1) is 14.2 Å². The molecule has 0 saturated heterocycles. The number of aliphatic hydroxyl groups excluding tert-OH is 2. The number of aliphatic hydroxyl groups is 2. The highest BCUT2D eigenvalue weighted by atomic mass is 16.5. The van der Waals surface area contributed by atoms with Gasteiger partial charge >= 0.3 is 0 Å². The highest BCUT2D eigenvalue weighted by molar-refractivity contribution is 5.41. The summed E-state index contributed by atoms with van der Waals surface area (Å²) < 4.78 is 10.5. The van der Waals surface area contributed by atoms with Crippen molar-refractivity contribution in [1.82, 2.24) is 0 Å². The lowest BCUT2D eigenvalue weighted by atomic mass is 9.95. The summed E-state index contributed by atoms with van der Waals surface area (Å²) in [6.45, 7) is 7.84. The van der Waals surface area contributed by atoms with Crippen molar-refractivity contribution in [2.75, 3.05) is 14.2 Å². The molecular weight excluding hydrogens is 304 g/mol. The third-order valence-corrected chi connectivity index (χ3v) is 3.65. The van der Waals surface area contributed by atoms with Crippen LogP contribution in [0.15, 0.2) is 36.4 Å². The van der Waals surface area contributed by atoms with Crippen LogP contribution in [0.2, 0.25) is 0 Å². The van der Waals surface area contributed by atoms with E-state index in [1.54, 1.807) is 26.4 Å². The molecule has 4 nitrogen and oxygen atoms in total. The van der Waals surface area contributed by atoms with Gasteiger partial charge < -0.3 is 19.7 Å². The molecular formula is C20H28O4. The minimum Gasteiger partial charge on any atom is -0.497 e. The Morgan fingerprint density at radius 1 is 0.792 bits per heavy atom. The topological polar surface area (TPSA) is 58.9 Å². The molecule has 2 N–H and O–H groups in total. The molecule has 2 aromatic rings. The minimum absolute atomic E-state index is 0.553. The molecule has 0 saturated carbocycles. The zero-order chi connectivity index (χ0) is 18.3. The van der Waals surface area contributed by atoms with Crippen LogP contribution in [0, 0.1) is 13.8 Å². The fourth-order valence-electron chi connectivity index (χ4n) is 2.50. The maximum Gasteiger partial charge on any atom is 0.124 e. The SMILES string of the molecule is CC.COc1cc(C)cc(C(O)C(O)c2cc(C)ccc2OC)c1. The summed E-state index contributed by atoms with van der Waals surface area (Å²) in [5.41, 5.74) is 3.11. The molecule has 0 spiro atoms. The summed E-state index contributed by atoms with van der Waals surface area (Å²) in [5.74, 6) is 1.20. The van der Waals surface area contributed by atoms with Crippen LogP contribution in [0.4, 0.5) is 0 Å². The third-order valence-electron chi connectivity index (χ3n) is 3.65. The zero-order valence-corrected chi connectivity index (χ0v) is 15.3. The van der Waals surface area contributed by atoms with E-state index in [0.717, 1.165) is 11.1 Å².